The minimum absolute atomic E-state index is 0.196. The predicted octanol–water partition coefficient (Wildman–Crippen LogP) is 1.51. The molecule has 0 rings (SSSR count). The maximum Gasteiger partial charge on any atom is 0.306 e. The second-order valence-corrected chi connectivity index (χ2v) is 5.90. The number of ketones is 4. The molecule has 0 N–H and O–H groups in total. The van der Waals surface area contributed by atoms with Gasteiger partial charge in [0.25, 0.3) is 0 Å². The monoisotopic (exact) mass is 370 g/mol. The van der Waals surface area contributed by atoms with Crippen LogP contribution in [0.1, 0.15) is 65.2 Å². The number of carbonyl (C=O) groups is 6. The van der Waals surface area contributed by atoms with Crippen molar-refractivity contribution < 1.29 is 38.2 Å². The fourth-order valence-electron chi connectivity index (χ4n) is 1.89. The third-order valence-electron chi connectivity index (χ3n) is 3.53. The first-order valence-electron chi connectivity index (χ1n) is 8.62. The number of ether oxygens (including phenoxy) is 2. The average Bonchev–Trinajstić information content (AvgIpc) is 2.59. The van der Waals surface area contributed by atoms with Crippen LogP contribution < -0.4 is 0 Å². The van der Waals surface area contributed by atoms with Crippen LogP contribution in [-0.2, 0) is 38.2 Å². The van der Waals surface area contributed by atoms with E-state index in [1.165, 1.54) is 0 Å². The van der Waals surface area contributed by atoms with E-state index < -0.39 is 48.3 Å². The number of esters is 2. The highest BCUT2D eigenvalue weighted by molar-refractivity contribution is 6.37. The van der Waals surface area contributed by atoms with Crippen LogP contribution in [0.4, 0.5) is 0 Å². The molecule has 0 atom stereocenters. The van der Waals surface area contributed by atoms with E-state index in [-0.39, 0.29) is 12.8 Å². The first-order chi connectivity index (χ1) is 12.2. The van der Waals surface area contributed by atoms with E-state index in [0.717, 1.165) is 39.5 Å². The molecule has 0 bridgehead atoms. The van der Waals surface area contributed by atoms with Gasteiger partial charge in [0.15, 0.2) is 24.8 Å². The molecule has 0 fully saturated rings. The molecule has 146 valence electrons. The normalized spacial score (nSPS) is 10.1. The standard InChI is InChI=1S/C18H26O8/c1-13(19)15(21)11-25-17(23)9-7-5-3-4-6-8-10-18(24)26-12-16(22)14(2)20/h3-12H2,1-2H3. The Morgan fingerprint density at radius 1 is 0.538 bits per heavy atom. The lowest BCUT2D eigenvalue weighted by Crippen LogP contribution is -2.19. The van der Waals surface area contributed by atoms with Crippen LogP contribution >= 0.6 is 0 Å². The topological polar surface area (TPSA) is 121 Å². The summed E-state index contributed by atoms with van der Waals surface area (Å²) in [7, 11) is 0. The van der Waals surface area contributed by atoms with Crippen molar-refractivity contribution in [1.82, 2.24) is 0 Å². The van der Waals surface area contributed by atoms with Crippen molar-refractivity contribution in [1.29, 1.82) is 0 Å². The number of carbonyl (C=O) groups excluding carboxylic acids is 6. The van der Waals surface area contributed by atoms with E-state index in [1.807, 2.05) is 0 Å². The van der Waals surface area contributed by atoms with Crippen molar-refractivity contribution in [2.75, 3.05) is 13.2 Å². The van der Waals surface area contributed by atoms with Gasteiger partial charge < -0.3 is 9.47 Å². The van der Waals surface area contributed by atoms with Gasteiger partial charge in [-0.25, -0.2) is 0 Å². The van der Waals surface area contributed by atoms with Crippen LogP contribution in [-0.4, -0.2) is 48.3 Å². The molecular formula is C18H26O8. The molecule has 0 aromatic rings. The van der Waals surface area contributed by atoms with Gasteiger partial charge in [-0.2, -0.15) is 0 Å². The van der Waals surface area contributed by atoms with Gasteiger partial charge in [-0.15, -0.1) is 0 Å². The van der Waals surface area contributed by atoms with Crippen LogP contribution in [0.3, 0.4) is 0 Å². The van der Waals surface area contributed by atoms with Crippen molar-refractivity contribution in [3.8, 4) is 0 Å². The highest BCUT2D eigenvalue weighted by atomic mass is 16.5. The fourth-order valence-corrected chi connectivity index (χ4v) is 1.89. The minimum Gasteiger partial charge on any atom is -0.457 e. The predicted molar refractivity (Wildman–Crippen MR) is 90.2 cm³/mol. The third kappa shape index (κ3) is 13.0. The molecule has 8 heteroatoms. The SMILES string of the molecule is CC(=O)C(=O)COC(=O)CCCCCCCCC(=O)OCC(=O)C(C)=O. The lowest BCUT2D eigenvalue weighted by Gasteiger charge is -2.04. The molecule has 0 radical (unpaired) electrons. The Morgan fingerprint density at radius 2 is 0.846 bits per heavy atom. The summed E-state index contributed by atoms with van der Waals surface area (Å²) in [4.78, 5) is 66.0. The molecule has 8 nitrogen and oxygen atoms in total. The summed E-state index contributed by atoms with van der Waals surface area (Å²) < 4.78 is 9.37. The Morgan fingerprint density at radius 3 is 1.15 bits per heavy atom. The first-order valence-corrected chi connectivity index (χ1v) is 8.62. The van der Waals surface area contributed by atoms with Gasteiger partial charge in [-0.1, -0.05) is 25.7 Å². The van der Waals surface area contributed by atoms with Crippen LogP contribution in [0.2, 0.25) is 0 Å². The molecule has 0 spiro atoms. The molecule has 0 unspecified atom stereocenters. The highest BCUT2D eigenvalue weighted by Crippen LogP contribution is 2.09. The smallest absolute Gasteiger partial charge is 0.306 e. The quantitative estimate of drug-likeness (QED) is 0.242. The molecule has 0 heterocycles. The molecule has 0 aromatic heterocycles. The average molecular weight is 370 g/mol. The fraction of sp³-hybridized carbons (Fsp3) is 0.667. The second kappa shape index (κ2) is 13.9. The summed E-state index contributed by atoms with van der Waals surface area (Å²) in [6, 6.07) is 0. The minimum atomic E-state index is -0.720. The second-order valence-electron chi connectivity index (χ2n) is 5.90. The van der Waals surface area contributed by atoms with Gasteiger partial charge in [0.05, 0.1) is 0 Å². The molecule has 0 aliphatic carbocycles. The van der Waals surface area contributed by atoms with Gasteiger partial charge in [-0.05, 0) is 12.8 Å². The van der Waals surface area contributed by atoms with Crippen LogP contribution in [0.25, 0.3) is 0 Å². The van der Waals surface area contributed by atoms with Crippen LogP contribution in [0, 0.1) is 0 Å². The van der Waals surface area contributed by atoms with E-state index in [2.05, 4.69) is 9.47 Å². The molecular weight excluding hydrogens is 344 g/mol. The lowest BCUT2D eigenvalue weighted by atomic mass is 10.1. The van der Waals surface area contributed by atoms with Crippen LogP contribution in [0.5, 0.6) is 0 Å². The van der Waals surface area contributed by atoms with Gasteiger partial charge in [-0.3, -0.25) is 28.8 Å². The zero-order valence-electron chi connectivity index (χ0n) is 15.3. The van der Waals surface area contributed by atoms with Gasteiger partial charge in [0.1, 0.15) is 0 Å². The van der Waals surface area contributed by atoms with E-state index in [0.29, 0.717) is 12.8 Å². The summed E-state index contributed by atoms with van der Waals surface area (Å²) in [6.07, 6.45) is 5.05. The van der Waals surface area contributed by atoms with Crippen molar-refractivity contribution >= 4 is 35.1 Å². The summed E-state index contributed by atoms with van der Waals surface area (Å²) in [5, 5.41) is 0. The molecule has 0 saturated carbocycles. The van der Waals surface area contributed by atoms with Crippen molar-refractivity contribution in [3.05, 3.63) is 0 Å². The first kappa shape index (κ1) is 23.6. The Kier molecular flexibility index (Phi) is 12.6. The van der Waals surface area contributed by atoms with E-state index >= 15 is 0 Å². The Balaban J connectivity index is 3.50. The van der Waals surface area contributed by atoms with E-state index in [4.69, 9.17) is 0 Å². The number of Topliss-reactive ketones (excluding diaryl/α,β-unsaturated/α-hetero) is 4. The van der Waals surface area contributed by atoms with Gasteiger partial charge in [0, 0.05) is 26.7 Å². The van der Waals surface area contributed by atoms with Crippen LogP contribution in [0.15, 0.2) is 0 Å². The number of rotatable bonds is 15. The van der Waals surface area contributed by atoms with E-state index in [9.17, 15) is 28.8 Å². The highest BCUT2D eigenvalue weighted by Gasteiger charge is 2.12. The summed E-state index contributed by atoms with van der Waals surface area (Å²) in [6.45, 7) is 1.26. The maximum absolute atomic E-state index is 11.3. The molecule has 0 amide bonds. The van der Waals surface area contributed by atoms with Gasteiger partial charge in [0.2, 0.25) is 11.6 Å². The Labute approximate surface area is 152 Å². The lowest BCUT2D eigenvalue weighted by molar-refractivity contribution is -0.150. The summed E-state index contributed by atoms with van der Waals surface area (Å²) in [5.74, 6) is -3.70. The largest absolute Gasteiger partial charge is 0.457 e. The number of hydrogen-bond donors (Lipinski definition) is 0. The maximum atomic E-state index is 11.3. The van der Waals surface area contributed by atoms with Gasteiger partial charge >= 0.3 is 11.9 Å². The zero-order valence-corrected chi connectivity index (χ0v) is 15.3. The molecule has 26 heavy (non-hydrogen) atoms. The summed E-state index contributed by atoms with van der Waals surface area (Å²) in [5.41, 5.74) is 0. The summed E-state index contributed by atoms with van der Waals surface area (Å²) >= 11 is 0. The molecule has 0 aliphatic rings. The van der Waals surface area contributed by atoms with E-state index in [1.54, 1.807) is 0 Å². The third-order valence-corrected chi connectivity index (χ3v) is 3.53. The Hall–Kier alpha value is -2.38. The molecule has 0 saturated heterocycles. The van der Waals surface area contributed by atoms with Crippen molar-refractivity contribution in [2.24, 2.45) is 0 Å². The molecule has 0 aliphatic heterocycles. The molecule has 0 aromatic carbocycles. The number of hydrogen-bond acceptors (Lipinski definition) is 8. The van der Waals surface area contributed by atoms with Crippen molar-refractivity contribution in [3.63, 3.8) is 0 Å². The number of unbranched alkanes of at least 4 members (excludes halogenated alkanes) is 5. The Bertz CT molecular complexity index is 487. The van der Waals surface area contributed by atoms with Crippen molar-refractivity contribution in [2.45, 2.75) is 65.2 Å². The zero-order chi connectivity index (χ0) is 19.9.